The van der Waals surface area contributed by atoms with Crippen LogP contribution in [-0.2, 0) is 6.54 Å². The van der Waals surface area contributed by atoms with Gasteiger partial charge in [0.05, 0.1) is 6.54 Å². The standard InChI is InChI=1S/C16H21NO/c1-4-12(2)13-5-7-14(8-6-13)16-10-9-15(18-16)11-17-3/h5-10,12,17H,4,11H2,1-3H3. The molecule has 0 aliphatic rings. The first kappa shape index (κ1) is 12.9. The maximum atomic E-state index is 5.77. The summed E-state index contributed by atoms with van der Waals surface area (Å²) in [6, 6.07) is 12.7. The third-order valence-corrected chi connectivity index (χ3v) is 3.39. The zero-order valence-corrected chi connectivity index (χ0v) is 11.4. The molecule has 0 saturated carbocycles. The lowest BCUT2D eigenvalue weighted by Gasteiger charge is -2.08. The highest BCUT2D eigenvalue weighted by atomic mass is 16.3. The first-order valence-electron chi connectivity index (χ1n) is 6.58. The molecule has 2 heteroatoms. The van der Waals surface area contributed by atoms with Crippen LogP contribution in [0.25, 0.3) is 11.3 Å². The number of hydrogen-bond donors (Lipinski definition) is 1. The molecule has 1 heterocycles. The zero-order valence-electron chi connectivity index (χ0n) is 11.4. The summed E-state index contributed by atoms with van der Waals surface area (Å²) in [5.41, 5.74) is 2.53. The Morgan fingerprint density at radius 3 is 2.44 bits per heavy atom. The van der Waals surface area contributed by atoms with Crippen LogP contribution in [0, 0.1) is 0 Å². The van der Waals surface area contributed by atoms with E-state index in [4.69, 9.17) is 4.42 Å². The fourth-order valence-electron chi connectivity index (χ4n) is 2.01. The summed E-state index contributed by atoms with van der Waals surface area (Å²) in [6.45, 7) is 5.24. The molecule has 0 fully saturated rings. The number of benzene rings is 1. The van der Waals surface area contributed by atoms with Crippen LogP contribution in [0.15, 0.2) is 40.8 Å². The van der Waals surface area contributed by atoms with Crippen molar-refractivity contribution >= 4 is 0 Å². The minimum atomic E-state index is 0.621. The lowest BCUT2D eigenvalue weighted by atomic mass is 9.97. The summed E-state index contributed by atoms with van der Waals surface area (Å²) < 4.78 is 5.77. The van der Waals surface area contributed by atoms with Gasteiger partial charge in [-0.25, -0.2) is 0 Å². The van der Waals surface area contributed by atoms with Gasteiger partial charge < -0.3 is 9.73 Å². The van der Waals surface area contributed by atoms with Crippen molar-refractivity contribution in [3.63, 3.8) is 0 Å². The van der Waals surface area contributed by atoms with E-state index in [-0.39, 0.29) is 0 Å². The van der Waals surface area contributed by atoms with Crippen molar-refractivity contribution in [2.45, 2.75) is 32.7 Å². The highest BCUT2D eigenvalue weighted by molar-refractivity contribution is 5.58. The van der Waals surface area contributed by atoms with Gasteiger partial charge in [-0.2, -0.15) is 0 Å². The average molecular weight is 243 g/mol. The molecule has 1 aromatic carbocycles. The van der Waals surface area contributed by atoms with Crippen LogP contribution in [0.2, 0.25) is 0 Å². The van der Waals surface area contributed by atoms with Gasteiger partial charge in [0.2, 0.25) is 0 Å². The molecular formula is C16H21NO. The predicted molar refractivity (Wildman–Crippen MR) is 75.6 cm³/mol. The van der Waals surface area contributed by atoms with Crippen molar-refractivity contribution in [1.82, 2.24) is 5.32 Å². The Morgan fingerprint density at radius 1 is 1.11 bits per heavy atom. The topological polar surface area (TPSA) is 25.2 Å². The van der Waals surface area contributed by atoms with E-state index in [0.29, 0.717) is 5.92 Å². The Bertz CT molecular complexity index is 484. The largest absolute Gasteiger partial charge is 0.460 e. The van der Waals surface area contributed by atoms with Crippen molar-refractivity contribution < 1.29 is 4.42 Å². The minimum Gasteiger partial charge on any atom is -0.460 e. The van der Waals surface area contributed by atoms with Crippen LogP contribution in [0.5, 0.6) is 0 Å². The Hall–Kier alpha value is -1.54. The van der Waals surface area contributed by atoms with Crippen molar-refractivity contribution in [3.8, 4) is 11.3 Å². The average Bonchev–Trinajstić information content (AvgIpc) is 2.87. The van der Waals surface area contributed by atoms with Gasteiger partial charge >= 0.3 is 0 Å². The van der Waals surface area contributed by atoms with Crippen LogP contribution in [-0.4, -0.2) is 7.05 Å². The van der Waals surface area contributed by atoms with Gasteiger partial charge in [0, 0.05) is 5.56 Å². The quantitative estimate of drug-likeness (QED) is 0.852. The Kier molecular flexibility index (Phi) is 4.21. The van der Waals surface area contributed by atoms with Gasteiger partial charge in [-0.3, -0.25) is 0 Å². The van der Waals surface area contributed by atoms with Crippen LogP contribution in [0.1, 0.15) is 37.5 Å². The monoisotopic (exact) mass is 243 g/mol. The van der Waals surface area contributed by atoms with E-state index in [1.165, 1.54) is 12.0 Å². The molecule has 2 aromatic rings. The van der Waals surface area contributed by atoms with Gasteiger partial charge in [0.15, 0.2) is 0 Å². The molecular weight excluding hydrogens is 222 g/mol. The van der Waals surface area contributed by atoms with E-state index in [1.54, 1.807) is 0 Å². The van der Waals surface area contributed by atoms with Crippen LogP contribution in [0.3, 0.4) is 0 Å². The molecule has 0 bridgehead atoms. The van der Waals surface area contributed by atoms with E-state index in [9.17, 15) is 0 Å². The Labute approximate surface area is 109 Å². The third kappa shape index (κ3) is 2.82. The molecule has 2 nitrogen and oxygen atoms in total. The third-order valence-electron chi connectivity index (χ3n) is 3.39. The summed E-state index contributed by atoms with van der Waals surface area (Å²) in [5.74, 6) is 2.53. The highest BCUT2D eigenvalue weighted by Gasteiger charge is 2.06. The van der Waals surface area contributed by atoms with Crippen molar-refractivity contribution in [2.24, 2.45) is 0 Å². The van der Waals surface area contributed by atoms with E-state index >= 15 is 0 Å². The fraction of sp³-hybridized carbons (Fsp3) is 0.375. The normalized spacial score (nSPS) is 12.6. The zero-order chi connectivity index (χ0) is 13.0. The lowest BCUT2D eigenvalue weighted by Crippen LogP contribution is -2.03. The Morgan fingerprint density at radius 2 is 1.83 bits per heavy atom. The van der Waals surface area contributed by atoms with E-state index in [1.807, 2.05) is 19.2 Å². The Balaban J connectivity index is 2.17. The lowest BCUT2D eigenvalue weighted by molar-refractivity contribution is 0.507. The molecule has 18 heavy (non-hydrogen) atoms. The van der Waals surface area contributed by atoms with E-state index in [2.05, 4.69) is 43.4 Å². The number of rotatable bonds is 5. The summed E-state index contributed by atoms with van der Waals surface area (Å²) in [4.78, 5) is 0. The van der Waals surface area contributed by atoms with Crippen molar-refractivity contribution in [1.29, 1.82) is 0 Å². The summed E-state index contributed by atoms with van der Waals surface area (Å²) >= 11 is 0. The molecule has 0 aliphatic carbocycles. The summed E-state index contributed by atoms with van der Waals surface area (Å²) in [6.07, 6.45) is 1.17. The molecule has 1 N–H and O–H groups in total. The van der Waals surface area contributed by atoms with Crippen LogP contribution < -0.4 is 5.32 Å². The number of furan rings is 1. The molecule has 0 saturated heterocycles. The van der Waals surface area contributed by atoms with Crippen molar-refractivity contribution in [2.75, 3.05) is 7.05 Å². The molecule has 0 aliphatic heterocycles. The molecule has 1 atom stereocenters. The second kappa shape index (κ2) is 5.87. The smallest absolute Gasteiger partial charge is 0.134 e. The van der Waals surface area contributed by atoms with Gasteiger partial charge in [0.25, 0.3) is 0 Å². The van der Waals surface area contributed by atoms with E-state index in [0.717, 1.165) is 23.6 Å². The fourth-order valence-corrected chi connectivity index (χ4v) is 2.01. The molecule has 1 unspecified atom stereocenters. The second-order valence-corrected chi connectivity index (χ2v) is 4.73. The van der Waals surface area contributed by atoms with Gasteiger partial charge in [-0.05, 0) is 37.1 Å². The van der Waals surface area contributed by atoms with Crippen molar-refractivity contribution in [3.05, 3.63) is 47.7 Å². The van der Waals surface area contributed by atoms with Gasteiger partial charge in [-0.1, -0.05) is 38.1 Å². The maximum absolute atomic E-state index is 5.77. The molecule has 1 aromatic heterocycles. The molecule has 0 amide bonds. The first-order valence-corrected chi connectivity index (χ1v) is 6.58. The highest BCUT2D eigenvalue weighted by Crippen LogP contribution is 2.25. The number of nitrogens with one attached hydrogen (secondary N) is 1. The van der Waals surface area contributed by atoms with Gasteiger partial charge in [-0.15, -0.1) is 0 Å². The number of hydrogen-bond acceptors (Lipinski definition) is 2. The summed E-state index contributed by atoms with van der Waals surface area (Å²) in [5, 5.41) is 3.09. The maximum Gasteiger partial charge on any atom is 0.134 e. The molecule has 2 rings (SSSR count). The SMILES string of the molecule is CCC(C)c1ccc(-c2ccc(CNC)o2)cc1. The minimum absolute atomic E-state index is 0.621. The summed E-state index contributed by atoms with van der Waals surface area (Å²) in [7, 11) is 1.92. The predicted octanol–water partition coefficient (Wildman–Crippen LogP) is 4.18. The molecule has 96 valence electrons. The molecule has 0 spiro atoms. The van der Waals surface area contributed by atoms with Crippen LogP contribution >= 0.6 is 0 Å². The second-order valence-electron chi connectivity index (χ2n) is 4.73. The first-order chi connectivity index (χ1) is 8.74. The molecule has 0 radical (unpaired) electrons. The van der Waals surface area contributed by atoms with E-state index < -0.39 is 0 Å². The van der Waals surface area contributed by atoms with Crippen LogP contribution in [0.4, 0.5) is 0 Å². The van der Waals surface area contributed by atoms with Gasteiger partial charge in [0.1, 0.15) is 11.5 Å².